The van der Waals surface area contributed by atoms with Crippen LogP contribution in [-0.2, 0) is 11.2 Å². The normalized spacial score (nSPS) is 11.9. The van der Waals surface area contributed by atoms with Crippen LogP contribution in [-0.4, -0.2) is 10.2 Å². The van der Waals surface area contributed by atoms with Crippen LogP contribution in [0, 0.1) is 0 Å². The minimum atomic E-state index is -1.72. The Balaban J connectivity index is 1.77. The van der Waals surface area contributed by atoms with E-state index in [0.717, 1.165) is 0 Å². The molecule has 0 saturated heterocycles. The average molecular weight is 656 g/mol. The van der Waals surface area contributed by atoms with Crippen molar-refractivity contribution in [1.29, 1.82) is 0 Å². The lowest BCUT2D eigenvalue weighted by Crippen LogP contribution is -2.32. The molecule has 6 aromatic carbocycles. The monoisotopic (exact) mass is 654 g/mol. The van der Waals surface area contributed by atoms with Crippen molar-refractivity contribution in [3.8, 4) is 11.1 Å². The van der Waals surface area contributed by atoms with Crippen molar-refractivity contribution >= 4 is 46.4 Å². The third kappa shape index (κ3) is 5.33. The SMILES string of the molecule is OC(c1ccccc1)(c1ccccc1)c1cc(Cl)cc(Cl)c1-c1c(Cl)cc(Cl)cc1C(O)(c1ccccc1)c1ccccc1. The first-order chi connectivity index (χ1) is 21.2. The molecular formula is C38H26Cl4O2. The van der Waals surface area contributed by atoms with E-state index >= 15 is 0 Å². The molecule has 218 valence electrons. The second-order valence-electron chi connectivity index (χ2n) is 10.5. The Kier molecular flexibility index (Phi) is 8.59. The molecule has 0 aliphatic rings. The maximum Gasteiger partial charge on any atom is 0.141 e. The van der Waals surface area contributed by atoms with Crippen molar-refractivity contribution in [2.24, 2.45) is 0 Å². The van der Waals surface area contributed by atoms with Gasteiger partial charge in [0.1, 0.15) is 11.2 Å². The molecule has 0 aliphatic carbocycles. The van der Waals surface area contributed by atoms with E-state index in [-0.39, 0.29) is 10.0 Å². The van der Waals surface area contributed by atoms with Crippen LogP contribution in [0.4, 0.5) is 0 Å². The zero-order chi connectivity index (χ0) is 30.9. The third-order valence-corrected chi connectivity index (χ3v) is 8.94. The van der Waals surface area contributed by atoms with Gasteiger partial charge in [-0.25, -0.2) is 0 Å². The molecule has 0 radical (unpaired) electrons. The van der Waals surface area contributed by atoms with E-state index in [1.54, 1.807) is 24.3 Å². The molecule has 0 unspecified atom stereocenters. The first kappa shape index (κ1) is 30.4. The summed E-state index contributed by atoms with van der Waals surface area (Å²) >= 11 is 27.6. The fourth-order valence-electron chi connectivity index (χ4n) is 5.90. The van der Waals surface area contributed by atoms with Gasteiger partial charge in [-0.3, -0.25) is 0 Å². The van der Waals surface area contributed by atoms with Gasteiger partial charge >= 0.3 is 0 Å². The summed E-state index contributed by atoms with van der Waals surface area (Å²) in [5.74, 6) is 0. The van der Waals surface area contributed by atoms with Gasteiger partial charge in [-0.15, -0.1) is 0 Å². The lowest BCUT2D eigenvalue weighted by Gasteiger charge is -2.36. The maximum atomic E-state index is 12.9. The van der Waals surface area contributed by atoms with Crippen LogP contribution in [0.15, 0.2) is 146 Å². The van der Waals surface area contributed by atoms with Gasteiger partial charge in [0.15, 0.2) is 0 Å². The van der Waals surface area contributed by atoms with Crippen LogP contribution in [0.3, 0.4) is 0 Å². The summed E-state index contributed by atoms with van der Waals surface area (Å²) in [5, 5.41) is 27.0. The smallest absolute Gasteiger partial charge is 0.141 e. The van der Waals surface area contributed by atoms with Crippen molar-refractivity contribution in [1.82, 2.24) is 0 Å². The fourth-order valence-corrected chi connectivity index (χ4v) is 7.07. The van der Waals surface area contributed by atoms with Gasteiger partial charge < -0.3 is 10.2 Å². The van der Waals surface area contributed by atoms with Gasteiger partial charge in [-0.05, 0) is 46.5 Å². The molecule has 6 heteroatoms. The molecule has 0 aromatic heterocycles. The van der Waals surface area contributed by atoms with E-state index in [9.17, 15) is 10.2 Å². The second kappa shape index (κ2) is 12.4. The molecule has 6 rings (SSSR count). The Labute approximate surface area is 276 Å². The van der Waals surface area contributed by atoms with Crippen molar-refractivity contribution < 1.29 is 10.2 Å². The zero-order valence-electron chi connectivity index (χ0n) is 23.3. The Hall–Kier alpha value is -3.60. The van der Waals surface area contributed by atoms with Crippen LogP contribution < -0.4 is 0 Å². The minimum Gasteiger partial charge on any atom is -0.376 e. The molecule has 0 heterocycles. The lowest BCUT2D eigenvalue weighted by atomic mass is 9.73. The van der Waals surface area contributed by atoms with Gasteiger partial charge in [0, 0.05) is 32.3 Å². The maximum absolute atomic E-state index is 12.9. The molecule has 0 amide bonds. The van der Waals surface area contributed by atoms with Crippen LogP contribution in [0.2, 0.25) is 20.1 Å². The van der Waals surface area contributed by atoms with E-state index in [4.69, 9.17) is 46.4 Å². The predicted molar refractivity (Wildman–Crippen MR) is 182 cm³/mol. The molecule has 0 spiro atoms. The zero-order valence-corrected chi connectivity index (χ0v) is 26.3. The molecule has 0 fully saturated rings. The lowest BCUT2D eigenvalue weighted by molar-refractivity contribution is 0.124. The summed E-state index contributed by atoms with van der Waals surface area (Å²) in [5.41, 5.74) is 0.549. The van der Waals surface area contributed by atoms with E-state index in [0.29, 0.717) is 54.6 Å². The molecule has 0 saturated carbocycles. The van der Waals surface area contributed by atoms with E-state index in [2.05, 4.69) is 0 Å². The summed E-state index contributed by atoms with van der Waals surface area (Å²) < 4.78 is 0. The van der Waals surface area contributed by atoms with Crippen molar-refractivity contribution in [3.63, 3.8) is 0 Å². The summed E-state index contributed by atoms with van der Waals surface area (Å²) in [4.78, 5) is 0. The van der Waals surface area contributed by atoms with Gasteiger partial charge in [0.05, 0.1) is 10.0 Å². The molecule has 0 atom stereocenters. The van der Waals surface area contributed by atoms with Gasteiger partial charge in [0.25, 0.3) is 0 Å². The third-order valence-electron chi connectivity index (χ3n) is 7.91. The molecule has 6 aromatic rings. The summed E-state index contributed by atoms with van der Waals surface area (Å²) in [6, 6.07) is 43.8. The highest BCUT2D eigenvalue weighted by molar-refractivity contribution is 6.39. The Morgan fingerprint density at radius 3 is 0.864 bits per heavy atom. The van der Waals surface area contributed by atoms with Gasteiger partial charge in [-0.2, -0.15) is 0 Å². The van der Waals surface area contributed by atoms with Crippen molar-refractivity contribution in [3.05, 3.63) is 199 Å². The van der Waals surface area contributed by atoms with Gasteiger partial charge in [-0.1, -0.05) is 168 Å². The first-order valence-corrected chi connectivity index (χ1v) is 15.4. The van der Waals surface area contributed by atoms with Crippen molar-refractivity contribution in [2.45, 2.75) is 11.2 Å². The topological polar surface area (TPSA) is 40.5 Å². The Bertz CT molecular complexity index is 1690. The summed E-state index contributed by atoms with van der Waals surface area (Å²) in [6.45, 7) is 0. The van der Waals surface area contributed by atoms with E-state index < -0.39 is 11.2 Å². The molecule has 0 bridgehead atoms. The Morgan fingerprint density at radius 1 is 0.364 bits per heavy atom. The minimum absolute atomic E-state index is 0.242. The highest BCUT2D eigenvalue weighted by Crippen LogP contribution is 2.52. The number of aliphatic hydroxyl groups is 2. The number of hydrogen-bond donors (Lipinski definition) is 2. The molecule has 2 nitrogen and oxygen atoms in total. The average Bonchev–Trinajstić information content (AvgIpc) is 3.05. The number of hydrogen-bond acceptors (Lipinski definition) is 2. The number of rotatable bonds is 7. The first-order valence-electron chi connectivity index (χ1n) is 13.9. The summed E-state index contributed by atoms with van der Waals surface area (Å²) in [7, 11) is 0. The molecule has 44 heavy (non-hydrogen) atoms. The van der Waals surface area contributed by atoms with E-state index in [1.165, 1.54) is 0 Å². The largest absolute Gasteiger partial charge is 0.376 e. The highest BCUT2D eigenvalue weighted by atomic mass is 35.5. The second-order valence-corrected chi connectivity index (χ2v) is 12.2. The van der Waals surface area contributed by atoms with Crippen LogP contribution >= 0.6 is 46.4 Å². The van der Waals surface area contributed by atoms with Crippen LogP contribution in [0.25, 0.3) is 11.1 Å². The standard InChI is InChI=1S/C38H26Cl4O2/c39-29-21-31(37(43,25-13-5-1-6-14-25)26-15-7-2-8-16-26)35(33(41)23-29)36-32(22-30(40)24-34(36)42)38(44,27-17-9-3-10-18-27)28-19-11-4-12-20-28/h1-24,43-44H. The Morgan fingerprint density at radius 2 is 0.614 bits per heavy atom. The van der Waals surface area contributed by atoms with Crippen LogP contribution in [0.5, 0.6) is 0 Å². The highest BCUT2D eigenvalue weighted by Gasteiger charge is 2.42. The quantitative estimate of drug-likeness (QED) is 0.168. The predicted octanol–water partition coefficient (Wildman–Crippen LogP) is 10.5. The fraction of sp³-hybridized carbons (Fsp3) is 0.0526. The van der Waals surface area contributed by atoms with E-state index in [1.807, 2.05) is 121 Å². The molecule has 2 N–H and O–H groups in total. The summed E-state index contributed by atoms with van der Waals surface area (Å²) in [6.07, 6.45) is 0. The van der Waals surface area contributed by atoms with Crippen LogP contribution in [0.1, 0.15) is 33.4 Å². The number of halogens is 4. The molecule has 0 aliphatic heterocycles. The van der Waals surface area contributed by atoms with Gasteiger partial charge in [0.2, 0.25) is 0 Å². The van der Waals surface area contributed by atoms with Crippen molar-refractivity contribution in [2.75, 3.05) is 0 Å². The number of benzene rings is 6. The molecular weight excluding hydrogens is 630 g/mol.